The fraction of sp³-hybridized carbons (Fsp3) is 0.333. The fourth-order valence-corrected chi connectivity index (χ4v) is 7.01. The fourth-order valence-electron chi connectivity index (χ4n) is 5.54. The molecule has 2 heterocycles. The zero-order valence-electron chi connectivity index (χ0n) is 21.7. The van der Waals surface area contributed by atoms with Gasteiger partial charge >= 0.3 is 0 Å². The van der Waals surface area contributed by atoms with Crippen molar-refractivity contribution >= 4 is 20.9 Å². The lowest BCUT2D eigenvalue weighted by Gasteiger charge is -2.31. The van der Waals surface area contributed by atoms with E-state index in [1.807, 2.05) is 19.1 Å². The van der Waals surface area contributed by atoms with Crippen LogP contribution in [0, 0.1) is 6.92 Å². The van der Waals surface area contributed by atoms with Crippen LogP contribution in [-0.4, -0.2) is 44.1 Å². The number of hydrogen-bond acceptors (Lipinski definition) is 4. The van der Waals surface area contributed by atoms with Crippen molar-refractivity contribution in [2.75, 3.05) is 26.8 Å². The molecule has 1 aliphatic rings. The second kappa shape index (κ2) is 10.6. The van der Waals surface area contributed by atoms with E-state index in [0.29, 0.717) is 36.3 Å². The van der Waals surface area contributed by atoms with Crippen LogP contribution >= 0.6 is 0 Å². The molecule has 1 aromatic heterocycles. The Labute approximate surface area is 219 Å². The molecule has 6 nitrogen and oxygen atoms in total. The maximum atomic E-state index is 13.3. The Morgan fingerprint density at radius 2 is 1.65 bits per heavy atom. The van der Waals surface area contributed by atoms with E-state index >= 15 is 0 Å². The summed E-state index contributed by atoms with van der Waals surface area (Å²) in [7, 11) is -1.84. The third-order valence-corrected chi connectivity index (χ3v) is 9.30. The number of benzene rings is 3. The van der Waals surface area contributed by atoms with Crippen molar-refractivity contribution in [2.45, 2.75) is 44.0 Å². The molecule has 0 N–H and O–H groups in total. The van der Waals surface area contributed by atoms with Crippen molar-refractivity contribution in [2.24, 2.45) is 0 Å². The molecular formula is C30H34N2O4S. The Hall–Kier alpha value is -3.29. The standard InChI is InChI=1S/C30H34N2O4S/c1-4-36-25-12-14-27(15-13-25)37(33,34)31-18-16-24(17-19-31)30-22(2)32(29-11-6-5-10-28(29)30)21-23-8-7-9-26(20-23)35-3/h5-15,20,24H,4,16-19,21H2,1-3H3. The van der Waals surface area contributed by atoms with E-state index in [9.17, 15) is 8.42 Å². The van der Waals surface area contributed by atoms with E-state index in [4.69, 9.17) is 9.47 Å². The molecule has 0 atom stereocenters. The number of para-hydroxylation sites is 1. The average molecular weight is 519 g/mol. The first-order chi connectivity index (χ1) is 17.9. The van der Waals surface area contributed by atoms with Crippen molar-refractivity contribution < 1.29 is 17.9 Å². The number of fused-ring (bicyclic) bond motifs is 1. The van der Waals surface area contributed by atoms with Gasteiger partial charge in [0.05, 0.1) is 18.6 Å². The first kappa shape index (κ1) is 25.4. The minimum atomic E-state index is -3.53. The Morgan fingerprint density at radius 1 is 0.919 bits per heavy atom. The summed E-state index contributed by atoms with van der Waals surface area (Å²) in [6.45, 7) is 6.43. The zero-order valence-corrected chi connectivity index (χ0v) is 22.5. The molecule has 0 spiro atoms. The summed E-state index contributed by atoms with van der Waals surface area (Å²) in [5.41, 5.74) is 4.99. The van der Waals surface area contributed by atoms with Crippen LogP contribution in [0.15, 0.2) is 77.7 Å². The lowest BCUT2D eigenvalue weighted by Crippen LogP contribution is -2.38. The largest absolute Gasteiger partial charge is 0.497 e. The second-order valence-corrected chi connectivity index (χ2v) is 11.5. The van der Waals surface area contributed by atoms with Gasteiger partial charge in [-0.3, -0.25) is 0 Å². The van der Waals surface area contributed by atoms with Crippen molar-refractivity contribution in [1.29, 1.82) is 0 Å². The number of ether oxygens (including phenoxy) is 2. The van der Waals surface area contributed by atoms with Gasteiger partial charge in [0.25, 0.3) is 0 Å². The third kappa shape index (κ3) is 4.98. The lowest BCUT2D eigenvalue weighted by molar-refractivity contribution is 0.319. The summed E-state index contributed by atoms with van der Waals surface area (Å²) in [4.78, 5) is 0.320. The maximum absolute atomic E-state index is 13.3. The number of rotatable bonds is 8. The SMILES string of the molecule is CCOc1ccc(S(=O)(=O)N2CCC(c3c(C)n(Cc4cccc(OC)c4)c4ccccc34)CC2)cc1. The molecule has 5 rings (SSSR count). The summed E-state index contributed by atoms with van der Waals surface area (Å²) in [5.74, 6) is 1.84. The number of methoxy groups -OCH3 is 1. The Bertz CT molecular complexity index is 1480. The zero-order chi connectivity index (χ0) is 26.0. The Kier molecular flexibility index (Phi) is 7.26. The molecule has 1 fully saturated rings. The molecule has 194 valence electrons. The smallest absolute Gasteiger partial charge is 0.243 e. The molecule has 0 unspecified atom stereocenters. The molecule has 0 amide bonds. The highest BCUT2D eigenvalue weighted by molar-refractivity contribution is 7.89. The van der Waals surface area contributed by atoms with Crippen LogP contribution in [0.2, 0.25) is 0 Å². The van der Waals surface area contributed by atoms with E-state index in [1.165, 1.54) is 27.7 Å². The summed E-state index contributed by atoms with van der Waals surface area (Å²) in [6.07, 6.45) is 1.59. The van der Waals surface area contributed by atoms with Gasteiger partial charge in [0.15, 0.2) is 0 Å². The summed E-state index contributed by atoms with van der Waals surface area (Å²) in [5, 5.41) is 1.26. The van der Waals surface area contributed by atoms with Gasteiger partial charge in [-0.2, -0.15) is 4.31 Å². The van der Waals surface area contributed by atoms with Gasteiger partial charge in [-0.15, -0.1) is 0 Å². The number of piperidine rings is 1. The van der Waals surface area contributed by atoms with Crippen molar-refractivity contribution in [1.82, 2.24) is 8.87 Å². The van der Waals surface area contributed by atoms with Crippen LogP contribution in [0.4, 0.5) is 0 Å². The normalized spacial score (nSPS) is 15.2. The van der Waals surface area contributed by atoms with Crippen molar-refractivity contribution in [3.63, 3.8) is 0 Å². The monoisotopic (exact) mass is 518 g/mol. The molecule has 0 bridgehead atoms. The molecule has 4 aromatic rings. The van der Waals surface area contributed by atoms with Gasteiger partial charge in [0.1, 0.15) is 11.5 Å². The molecule has 37 heavy (non-hydrogen) atoms. The van der Waals surface area contributed by atoms with Gasteiger partial charge in [-0.25, -0.2) is 8.42 Å². The second-order valence-electron chi connectivity index (χ2n) is 9.54. The van der Waals surface area contributed by atoms with Gasteiger partial charge < -0.3 is 14.0 Å². The molecule has 0 radical (unpaired) electrons. The van der Waals surface area contributed by atoms with Gasteiger partial charge in [-0.1, -0.05) is 30.3 Å². The number of aromatic nitrogens is 1. The van der Waals surface area contributed by atoms with Gasteiger partial charge in [-0.05, 0) is 86.2 Å². The van der Waals surface area contributed by atoms with Crippen LogP contribution in [0.25, 0.3) is 10.9 Å². The number of nitrogens with zero attached hydrogens (tertiary/aromatic N) is 2. The first-order valence-corrected chi connectivity index (χ1v) is 14.3. The highest BCUT2D eigenvalue weighted by Crippen LogP contribution is 2.39. The predicted molar refractivity (Wildman–Crippen MR) is 147 cm³/mol. The van der Waals surface area contributed by atoms with E-state index in [1.54, 1.807) is 35.7 Å². The minimum absolute atomic E-state index is 0.309. The van der Waals surface area contributed by atoms with Crippen LogP contribution < -0.4 is 9.47 Å². The third-order valence-electron chi connectivity index (χ3n) is 7.39. The van der Waals surface area contributed by atoms with E-state index in [0.717, 1.165) is 25.1 Å². The van der Waals surface area contributed by atoms with Crippen LogP contribution in [-0.2, 0) is 16.6 Å². The quantitative estimate of drug-likeness (QED) is 0.288. The van der Waals surface area contributed by atoms with E-state index < -0.39 is 10.0 Å². The Balaban J connectivity index is 1.38. The number of hydrogen-bond donors (Lipinski definition) is 0. The summed E-state index contributed by atoms with van der Waals surface area (Å²) in [6, 6.07) is 23.5. The summed E-state index contributed by atoms with van der Waals surface area (Å²) < 4.78 is 41.5. The van der Waals surface area contributed by atoms with Crippen molar-refractivity contribution in [3.05, 3.63) is 89.6 Å². The van der Waals surface area contributed by atoms with E-state index in [-0.39, 0.29) is 0 Å². The predicted octanol–water partition coefficient (Wildman–Crippen LogP) is 5.97. The van der Waals surface area contributed by atoms with E-state index in [2.05, 4.69) is 47.9 Å². The maximum Gasteiger partial charge on any atom is 0.243 e. The first-order valence-electron chi connectivity index (χ1n) is 12.9. The van der Waals surface area contributed by atoms with Gasteiger partial charge in [0, 0.05) is 36.2 Å². The lowest BCUT2D eigenvalue weighted by atomic mass is 9.88. The molecule has 0 saturated carbocycles. The summed E-state index contributed by atoms with van der Waals surface area (Å²) >= 11 is 0. The van der Waals surface area contributed by atoms with Crippen LogP contribution in [0.5, 0.6) is 11.5 Å². The highest BCUT2D eigenvalue weighted by Gasteiger charge is 2.32. The highest BCUT2D eigenvalue weighted by atomic mass is 32.2. The molecule has 7 heteroatoms. The van der Waals surface area contributed by atoms with Crippen LogP contribution in [0.3, 0.4) is 0 Å². The Morgan fingerprint density at radius 3 is 2.35 bits per heavy atom. The topological polar surface area (TPSA) is 60.8 Å². The van der Waals surface area contributed by atoms with Crippen LogP contribution in [0.1, 0.15) is 42.5 Å². The van der Waals surface area contributed by atoms with Crippen molar-refractivity contribution in [3.8, 4) is 11.5 Å². The molecular weight excluding hydrogens is 484 g/mol. The minimum Gasteiger partial charge on any atom is -0.497 e. The van der Waals surface area contributed by atoms with Gasteiger partial charge in [0.2, 0.25) is 10.0 Å². The molecule has 1 aliphatic heterocycles. The molecule has 0 aliphatic carbocycles. The average Bonchev–Trinajstić information content (AvgIpc) is 3.20. The number of sulfonamides is 1. The molecule has 1 saturated heterocycles. The molecule has 3 aromatic carbocycles.